The van der Waals surface area contributed by atoms with E-state index in [2.05, 4.69) is 5.32 Å². The Kier molecular flexibility index (Phi) is 4.35. The molecular formula is C15H11F4NO2. The smallest absolute Gasteiger partial charge is 0.416 e. The van der Waals surface area contributed by atoms with Crippen molar-refractivity contribution in [2.75, 3.05) is 12.4 Å². The molecule has 0 bridgehead atoms. The number of methoxy groups -OCH3 is 1. The minimum atomic E-state index is -4.57. The monoisotopic (exact) mass is 313 g/mol. The molecule has 0 unspecified atom stereocenters. The highest BCUT2D eigenvalue weighted by Crippen LogP contribution is 2.35. The first-order valence-electron chi connectivity index (χ1n) is 6.14. The number of ether oxygens (including phenoxy) is 1. The Morgan fingerprint density at radius 1 is 1.14 bits per heavy atom. The number of carbonyl (C=O) groups is 1. The summed E-state index contributed by atoms with van der Waals surface area (Å²) in [5.41, 5.74) is -1.41. The Morgan fingerprint density at radius 3 is 2.41 bits per heavy atom. The van der Waals surface area contributed by atoms with E-state index in [1.807, 2.05) is 0 Å². The average Bonchev–Trinajstić information content (AvgIpc) is 2.46. The van der Waals surface area contributed by atoms with Gasteiger partial charge in [-0.25, -0.2) is 4.39 Å². The molecule has 22 heavy (non-hydrogen) atoms. The molecule has 0 radical (unpaired) electrons. The lowest BCUT2D eigenvalue weighted by atomic mass is 10.1. The number of anilines is 1. The molecule has 116 valence electrons. The van der Waals surface area contributed by atoms with Crippen LogP contribution in [0.2, 0.25) is 0 Å². The van der Waals surface area contributed by atoms with Crippen molar-refractivity contribution >= 4 is 11.6 Å². The van der Waals surface area contributed by atoms with Gasteiger partial charge in [-0.3, -0.25) is 4.79 Å². The zero-order valence-corrected chi connectivity index (χ0v) is 11.4. The molecule has 0 aliphatic rings. The summed E-state index contributed by atoms with van der Waals surface area (Å²) in [7, 11) is 1.25. The third kappa shape index (κ3) is 3.36. The second-order valence-corrected chi connectivity index (χ2v) is 4.35. The first kappa shape index (κ1) is 15.8. The van der Waals surface area contributed by atoms with Crippen molar-refractivity contribution in [1.29, 1.82) is 0 Å². The predicted molar refractivity (Wildman–Crippen MR) is 72.3 cm³/mol. The minimum absolute atomic E-state index is 0.0395. The van der Waals surface area contributed by atoms with Crippen LogP contribution in [0.15, 0.2) is 42.5 Å². The van der Waals surface area contributed by atoms with Crippen molar-refractivity contribution in [1.82, 2.24) is 0 Å². The van der Waals surface area contributed by atoms with Gasteiger partial charge < -0.3 is 10.1 Å². The number of hydrogen-bond acceptors (Lipinski definition) is 2. The molecule has 2 aromatic carbocycles. The van der Waals surface area contributed by atoms with Crippen molar-refractivity contribution in [2.24, 2.45) is 0 Å². The molecule has 1 amide bonds. The summed E-state index contributed by atoms with van der Waals surface area (Å²) in [5, 5.41) is 2.23. The fourth-order valence-electron chi connectivity index (χ4n) is 1.82. The maximum Gasteiger partial charge on any atom is 0.416 e. The second-order valence-electron chi connectivity index (χ2n) is 4.35. The van der Waals surface area contributed by atoms with Gasteiger partial charge in [-0.15, -0.1) is 0 Å². The molecule has 1 N–H and O–H groups in total. The van der Waals surface area contributed by atoms with Gasteiger partial charge >= 0.3 is 6.18 Å². The minimum Gasteiger partial charge on any atom is -0.495 e. The molecule has 0 aliphatic carbocycles. The molecule has 0 fully saturated rings. The van der Waals surface area contributed by atoms with E-state index >= 15 is 0 Å². The van der Waals surface area contributed by atoms with Crippen molar-refractivity contribution < 1.29 is 27.1 Å². The summed E-state index contributed by atoms with van der Waals surface area (Å²) in [6.45, 7) is 0. The maximum absolute atomic E-state index is 13.5. The largest absolute Gasteiger partial charge is 0.495 e. The lowest BCUT2D eigenvalue weighted by Crippen LogP contribution is -2.15. The zero-order chi connectivity index (χ0) is 16.3. The molecule has 2 aromatic rings. The lowest BCUT2D eigenvalue weighted by molar-refractivity contribution is -0.137. The normalized spacial score (nSPS) is 11.1. The predicted octanol–water partition coefficient (Wildman–Crippen LogP) is 4.11. The fraction of sp³-hybridized carbons (Fsp3) is 0.133. The first-order valence-corrected chi connectivity index (χ1v) is 6.14. The Bertz CT molecular complexity index is 698. The number of halogens is 4. The molecule has 3 nitrogen and oxygen atoms in total. The molecule has 0 aromatic heterocycles. The number of benzene rings is 2. The molecule has 0 aliphatic heterocycles. The Morgan fingerprint density at radius 2 is 1.82 bits per heavy atom. The van der Waals surface area contributed by atoms with Crippen LogP contribution in [0.1, 0.15) is 15.9 Å². The van der Waals surface area contributed by atoms with Gasteiger partial charge in [0.15, 0.2) is 0 Å². The van der Waals surface area contributed by atoms with E-state index in [4.69, 9.17) is 4.74 Å². The van der Waals surface area contributed by atoms with Gasteiger partial charge in [0.1, 0.15) is 11.6 Å². The van der Waals surface area contributed by atoms with Gasteiger partial charge in [0.2, 0.25) is 0 Å². The van der Waals surface area contributed by atoms with Gasteiger partial charge in [-0.1, -0.05) is 12.1 Å². The highest BCUT2D eigenvalue weighted by atomic mass is 19.4. The van der Waals surface area contributed by atoms with Crippen LogP contribution >= 0.6 is 0 Å². The van der Waals surface area contributed by atoms with Gasteiger partial charge in [-0.05, 0) is 30.3 Å². The van der Waals surface area contributed by atoms with Crippen molar-refractivity contribution in [3.63, 3.8) is 0 Å². The van der Waals surface area contributed by atoms with Gasteiger partial charge in [0.25, 0.3) is 5.91 Å². The van der Waals surface area contributed by atoms with Gasteiger partial charge in [0.05, 0.1) is 23.9 Å². The van der Waals surface area contributed by atoms with Crippen molar-refractivity contribution in [3.8, 4) is 5.75 Å². The number of rotatable bonds is 3. The number of nitrogens with one attached hydrogen (secondary N) is 1. The second kappa shape index (κ2) is 6.05. The van der Waals surface area contributed by atoms with E-state index in [-0.39, 0.29) is 17.0 Å². The van der Waals surface area contributed by atoms with Gasteiger partial charge in [-0.2, -0.15) is 13.2 Å². The summed E-state index contributed by atoms with van der Waals surface area (Å²) in [4.78, 5) is 12.0. The molecule has 0 saturated carbocycles. The topological polar surface area (TPSA) is 38.3 Å². The average molecular weight is 313 g/mol. The molecule has 2 rings (SSSR count). The van der Waals surface area contributed by atoms with E-state index in [1.54, 1.807) is 0 Å². The van der Waals surface area contributed by atoms with Crippen molar-refractivity contribution in [3.05, 3.63) is 59.4 Å². The molecule has 7 heteroatoms. The molecule has 0 spiro atoms. The summed E-state index contributed by atoms with van der Waals surface area (Å²) in [6.07, 6.45) is -4.57. The molecule has 0 heterocycles. The van der Waals surface area contributed by atoms with E-state index in [1.165, 1.54) is 25.3 Å². The molecule has 0 atom stereocenters. The highest BCUT2D eigenvalue weighted by molar-refractivity contribution is 6.05. The van der Waals surface area contributed by atoms with Crippen LogP contribution in [0.5, 0.6) is 5.75 Å². The van der Waals surface area contributed by atoms with Crippen LogP contribution in [-0.4, -0.2) is 13.0 Å². The Hall–Kier alpha value is -2.57. The number of hydrogen-bond donors (Lipinski definition) is 1. The van der Waals surface area contributed by atoms with Gasteiger partial charge in [0, 0.05) is 0 Å². The summed E-state index contributed by atoms with van der Waals surface area (Å²) >= 11 is 0. The molecular weight excluding hydrogens is 302 g/mol. The summed E-state index contributed by atoms with van der Waals surface area (Å²) in [6, 6.07) is 7.80. The summed E-state index contributed by atoms with van der Waals surface area (Å²) in [5.74, 6) is -1.60. The van der Waals surface area contributed by atoms with E-state index in [0.717, 1.165) is 24.3 Å². The van der Waals surface area contributed by atoms with Crippen LogP contribution < -0.4 is 10.1 Å². The third-order valence-electron chi connectivity index (χ3n) is 2.89. The quantitative estimate of drug-likeness (QED) is 0.866. The number of carbonyl (C=O) groups excluding carboxylic acids is 1. The van der Waals surface area contributed by atoms with Crippen LogP contribution in [-0.2, 0) is 6.18 Å². The van der Waals surface area contributed by atoms with E-state index in [9.17, 15) is 22.4 Å². The number of amides is 1. The standard InChI is InChI=1S/C15H11F4NO2/c1-22-13-7-6-9(15(17,18)19)8-12(13)20-14(21)10-4-2-3-5-11(10)16/h2-8H,1H3,(H,20,21). The molecule has 0 saturated heterocycles. The highest BCUT2D eigenvalue weighted by Gasteiger charge is 2.31. The fourth-order valence-corrected chi connectivity index (χ4v) is 1.82. The zero-order valence-electron chi connectivity index (χ0n) is 11.4. The lowest BCUT2D eigenvalue weighted by Gasteiger charge is -2.14. The van der Waals surface area contributed by atoms with Crippen LogP contribution in [0, 0.1) is 5.82 Å². The summed E-state index contributed by atoms with van der Waals surface area (Å²) < 4.78 is 56.6. The van der Waals surface area contributed by atoms with Crippen molar-refractivity contribution in [2.45, 2.75) is 6.18 Å². The SMILES string of the molecule is COc1ccc(C(F)(F)F)cc1NC(=O)c1ccccc1F. The Balaban J connectivity index is 2.36. The third-order valence-corrected chi connectivity index (χ3v) is 2.89. The van der Waals surface area contributed by atoms with Crippen LogP contribution in [0.25, 0.3) is 0 Å². The van der Waals surface area contributed by atoms with E-state index < -0.39 is 23.5 Å². The maximum atomic E-state index is 13.5. The number of alkyl halides is 3. The van der Waals surface area contributed by atoms with E-state index in [0.29, 0.717) is 0 Å². The Labute approximate surface area is 123 Å². The first-order chi connectivity index (χ1) is 10.3. The van der Waals surface area contributed by atoms with Crippen LogP contribution in [0.3, 0.4) is 0 Å². The van der Waals surface area contributed by atoms with Crippen LogP contribution in [0.4, 0.5) is 23.2 Å².